The summed E-state index contributed by atoms with van der Waals surface area (Å²) < 4.78 is 25.0. The zero-order valence-corrected chi connectivity index (χ0v) is 16.3. The molecule has 0 bridgehead atoms. The first-order chi connectivity index (χ1) is 11.5. The van der Waals surface area contributed by atoms with Gasteiger partial charge in [-0.3, -0.25) is 14.0 Å². The van der Waals surface area contributed by atoms with Gasteiger partial charge in [0.1, 0.15) is 0 Å². The molecule has 0 amide bonds. The second kappa shape index (κ2) is 8.70. The Hall–Kier alpha value is -1.30. The summed E-state index contributed by atoms with van der Waals surface area (Å²) in [5, 5.41) is 0. The van der Waals surface area contributed by atoms with E-state index in [0.29, 0.717) is 6.54 Å². The van der Waals surface area contributed by atoms with Gasteiger partial charge in [-0.1, -0.05) is 40.2 Å². The number of hydrogen-bond donors (Lipinski definition) is 0. The van der Waals surface area contributed by atoms with Gasteiger partial charge >= 0.3 is 7.75 Å². The van der Waals surface area contributed by atoms with Gasteiger partial charge in [-0.05, 0) is 36.4 Å². The summed E-state index contributed by atoms with van der Waals surface area (Å²) in [6.45, 7) is 0.402. The third-order valence-corrected chi connectivity index (χ3v) is 6.02. The molecule has 0 atom stereocenters. The maximum absolute atomic E-state index is 12.4. The van der Waals surface area contributed by atoms with E-state index in [0.717, 1.165) is 21.2 Å². The molecule has 2 aromatic rings. The summed E-state index contributed by atoms with van der Waals surface area (Å²) in [6.07, 6.45) is 5.53. The Labute approximate surface area is 151 Å². The minimum atomic E-state index is -3.25. The number of rotatable bonds is 7. The third-order valence-electron chi connectivity index (χ3n) is 3.57. The van der Waals surface area contributed by atoms with Crippen LogP contribution in [0.25, 0.3) is 5.57 Å². The van der Waals surface area contributed by atoms with Crippen LogP contribution < -0.4 is 0 Å². The van der Waals surface area contributed by atoms with Crippen molar-refractivity contribution in [1.29, 1.82) is 0 Å². The fourth-order valence-electron chi connectivity index (χ4n) is 2.23. The molecule has 0 radical (unpaired) electrons. The minimum absolute atomic E-state index is 0.402. The molecule has 5 nitrogen and oxygen atoms in total. The van der Waals surface area contributed by atoms with Crippen molar-refractivity contribution in [1.82, 2.24) is 9.65 Å². The molecule has 2 rings (SSSR count). The number of benzene rings is 1. The van der Waals surface area contributed by atoms with Gasteiger partial charge in [-0.15, -0.1) is 0 Å². The van der Waals surface area contributed by atoms with E-state index in [9.17, 15) is 4.57 Å². The summed E-state index contributed by atoms with van der Waals surface area (Å²) in [4.78, 5) is 4.19. The Bertz CT molecular complexity index is 727. The van der Waals surface area contributed by atoms with E-state index in [-0.39, 0.29) is 0 Å². The molecule has 0 saturated heterocycles. The monoisotopic (exact) mass is 410 g/mol. The highest BCUT2D eigenvalue weighted by molar-refractivity contribution is 9.10. The van der Waals surface area contributed by atoms with E-state index < -0.39 is 7.75 Å². The highest BCUT2D eigenvalue weighted by Crippen LogP contribution is 2.49. The van der Waals surface area contributed by atoms with Gasteiger partial charge in [0.15, 0.2) is 0 Å². The molecule has 0 unspecified atom stereocenters. The highest BCUT2D eigenvalue weighted by Gasteiger charge is 2.26. The fraction of sp³-hybridized carbons (Fsp3) is 0.235. The second-order valence-corrected chi connectivity index (χ2v) is 8.31. The predicted octanol–water partition coefficient (Wildman–Crippen LogP) is 4.61. The van der Waals surface area contributed by atoms with Gasteiger partial charge in [0, 0.05) is 43.2 Å². The topological polar surface area (TPSA) is 51.7 Å². The van der Waals surface area contributed by atoms with E-state index in [1.807, 2.05) is 42.5 Å². The first-order valence-electron chi connectivity index (χ1n) is 7.30. The number of nitrogens with zero attached hydrogens (tertiary/aromatic N) is 2. The summed E-state index contributed by atoms with van der Waals surface area (Å²) in [7, 11) is 1.20. The van der Waals surface area contributed by atoms with Crippen molar-refractivity contribution in [2.45, 2.75) is 0 Å². The number of pyridine rings is 1. The van der Waals surface area contributed by atoms with Crippen LogP contribution in [0.15, 0.2) is 59.3 Å². The summed E-state index contributed by atoms with van der Waals surface area (Å²) in [6, 6.07) is 11.9. The van der Waals surface area contributed by atoms with Crippen molar-refractivity contribution in [2.24, 2.45) is 0 Å². The minimum Gasteiger partial charge on any atom is -0.300 e. The average molecular weight is 411 g/mol. The molecule has 0 spiro atoms. The zero-order valence-electron chi connectivity index (χ0n) is 13.8. The summed E-state index contributed by atoms with van der Waals surface area (Å²) in [5.41, 5.74) is 3.03. The van der Waals surface area contributed by atoms with Crippen LogP contribution >= 0.6 is 23.7 Å². The van der Waals surface area contributed by atoms with E-state index in [1.165, 1.54) is 14.2 Å². The number of aromatic nitrogens is 1. The van der Waals surface area contributed by atoms with Gasteiger partial charge < -0.3 is 0 Å². The maximum atomic E-state index is 12.4. The molecule has 128 valence electrons. The Kier molecular flexibility index (Phi) is 6.90. The van der Waals surface area contributed by atoms with Crippen molar-refractivity contribution in [3.05, 3.63) is 70.5 Å². The molecular weight excluding hydrogens is 391 g/mol. The zero-order chi connectivity index (χ0) is 17.6. The smallest absolute Gasteiger partial charge is 0.300 e. The lowest BCUT2D eigenvalue weighted by atomic mass is 9.99. The van der Waals surface area contributed by atoms with Gasteiger partial charge in [0.2, 0.25) is 0 Å². The molecule has 0 fully saturated rings. The van der Waals surface area contributed by atoms with Crippen molar-refractivity contribution in [2.75, 3.05) is 27.8 Å². The van der Waals surface area contributed by atoms with Crippen LogP contribution in [0, 0.1) is 0 Å². The Balaban J connectivity index is 2.36. The van der Waals surface area contributed by atoms with E-state index in [4.69, 9.17) is 9.05 Å². The van der Waals surface area contributed by atoms with E-state index in [1.54, 1.807) is 24.1 Å². The van der Waals surface area contributed by atoms with E-state index in [2.05, 4.69) is 20.9 Å². The first-order valence-corrected chi connectivity index (χ1v) is 9.58. The SMILES string of the molecule is COP(=O)(OC)N(C)C/C=C(/c1ccc(Br)cc1)c1cccnc1. The average Bonchev–Trinajstić information content (AvgIpc) is 2.63. The van der Waals surface area contributed by atoms with Crippen molar-refractivity contribution in [3.63, 3.8) is 0 Å². The number of hydrogen-bond acceptors (Lipinski definition) is 4. The molecule has 1 aromatic heterocycles. The molecule has 0 aliphatic heterocycles. The normalized spacial score (nSPS) is 12.6. The third kappa shape index (κ3) is 4.62. The van der Waals surface area contributed by atoms with Crippen molar-refractivity contribution >= 4 is 29.2 Å². The van der Waals surface area contributed by atoms with Crippen LogP contribution in [-0.4, -0.2) is 37.5 Å². The molecule has 24 heavy (non-hydrogen) atoms. The largest absolute Gasteiger partial charge is 0.407 e. The molecule has 1 aromatic carbocycles. The molecule has 0 N–H and O–H groups in total. The van der Waals surface area contributed by atoms with Crippen LogP contribution in [-0.2, 0) is 13.6 Å². The van der Waals surface area contributed by atoms with Gasteiger partial charge in [-0.2, -0.15) is 0 Å². The molecule has 0 saturated carbocycles. The summed E-state index contributed by atoms with van der Waals surface area (Å²) in [5.74, 6) is 0. The first kappa shape index (κ1) is 19.0. The van der Waals surface area contributed by atoms with Crippen molar-refractivity contribution < 1.29 is 13.6 Å². The number of halogens is 1. The highest BCUT2D eigenvalue weighted by atomic mass is 79.9. The lowest BCUT2D eigenvalue weighted by Crippen LogP contribution is -2.17. The molecule has 0 aliphatic rings. The van der Waals surface area contributed by atoms with Crippen LogP contribution in [0.1, 0.15) is 11.1 Å². The number of likely N-dealkylation sites (N-methyl/N-ethyl adjacent to an activating group) is 1. The molecule has 0 aliphatic carbocycles. The van der Waals surface area contributed by atoms with Gasteiger partial charge in [0.05, 0.1) is 0 Å². The van der Waals surface area contributed by atoms with Crippen molar-refractivity contribution in [3.8, 4) is 0 Å². The molecular formula is C17H20BrN2O3P. The lowest BCUT2D eigenvalue weighted by molar-refractivity contribution is 0.226. The van der Waals surface area contributed by atoms with Crippen LogP contribution in [0.5, 0.6) is 0 Å². The standard InChI is InChI=1S/C17H20BrN2O3P/c1-20(24(21,22-2)23-3)12-10-17(15-5-4-11-19-13-15)14-6-8-16(18)9-7-14/h4-11,13H,12H2,1-3H3/b17-10-. The van der Waals surface area contributed by atoms with Gasteiger partial charge in [0.25, 0.3) is 0 Å². The lowest BCUT2D eigenvalue weighted by Gasteiger charge is -2.23. The predicted molar refractivity (Wildman–Crippen MR) is 99.7 cm³/mol. The quantitative estimate of drug-likeness (QED) is 0.623. The maximum Gasteiger partial charge on any atom is 0.407 e. The Morgan fingerprint density at radius 1 is 1.21 bits per heavy atom. The van der Waals surface area contributed by atoms with Crippen LogP contribution in [0.4, 0.5) is 0 Å². The molecule has 1 heterocycles. The fourth-order valence-corrected chi connectivity index (χ4v) is 3.48. The summed E-state index contributed by atoms with van der Waals surface area (Å²) >= 11 is 3.45. The molecule has 7 heteroatoms. The Morgan fingerprint density at radius 3 is 2.42 bits per heavy atom. The van der Waals surface area contributed by atoms with Gasteiger partial charge in [-0.25, -0.2) is 9.24 Å². The van der Waals surface area contributed by atoms with E-state index >= 15 is 0 Å². The van der Waals surface area contributed by atoms with Crippen LogP contribution in [0.3, 0.4) is 0 Å². The Morgan fingerprint density at radius 2 is 1.88 bits per heavy atom. The second-order valence-electron chi connectivity index (χ2n) is 5.04. The van der Waals surface area contributed by atoms with Crippen LogP contribution in [0.2, 0.25) is 0 Å².